The van der Waals surface area contributed by atoms with Crippen LogP contribution in [0.4, 0.5) is 8.78 Å². The molecule has 2 fully saturated rings. The van der Waals surface area contributed by atoms with Gasteiger partial charge in [-0.25, -0.2) is 13.7 Å². The van der Waals surface area contributed by atoms with E-state index in [0.29, 0.717) is 25.7 Å². The third kappa shape index (κ3) is 5.62. The first-order valence-corrected chi connectivity index (χ1v) is 10.5. The molecule has 2 aliphatic rings. The molecule has 164 valence electrons. The van der Waals surface area contributed by atoms with E-state index in [1.165, 1.54) is 0 Å². The largest absolute Gasteiger partial charge is 0.481 e. The van der Waals surface area contributed by atoms with Gasteiger partial charge in [0.25, 0.3) is 0 Å². The first-order chi connectivity index (χ1) is 13.2. The van der Waals surface area contributed by atoms with Crippen molar-refractivity contribution in [2.24, 2.45) is 11.8 Å². The predicted molar refractivity (Wildman–Crippen MR) is 98.0 cm³/mol. The summed E-state index contributed by atoms with van der Waals surface area (Å²) >= 11 is 0. The maximum Gasteiger partial charge on any atom is 0.303 e. The van der Waals surface area contributed by atoms with Crippen LogP contribution in [0.3, 0.4) is 0 Å². The SMILES string of the molecule is CCCCC(F)(F)[C@@]1(O)CC[C@H]2[C@@H](CC(OO)[C@@H]2CCCCCCC(=O)O)O1. The summed E-state index contributed by atoms with van der Waals surface area (Å²) < 4.78 is 34.5. The Bertz CT molecular complexity index is 503. The summed E-state index contributed by atoms with van der Waals surface area (Å²) in [6.07, 6.45) is 4.16. The molecule has 8 heteroatoms. The standard InChI is InChI=1S/C20H34F2O6/c1-2-3-11-19(21,22)20(25)12-10-15-14(17(28-26)13-16(15)27-20)8-6-4-5-7-9-18(23)24/h14-17,25-26H,2-13H2,1H3,(H,23,24)/t14-,15-,16-,17?,20-/m1/s1. The minimum absolute atomic E-state index is 0.0108. The first kappa shape index (κ1) is 23.4. The van der Waals surface area contributed by atoms with Gasteiger partial charge in [0, 0.05) is 25.7 Å². The summed E-state index contributed by atoms with van der Waals surface area (Å²) in [6.45, 7) is 1.82. The Hall–Kier alpha value is -0.830. The van der Waals surface area contributed by atoms with E-state index in [-0.39, 0.29) is 31.1 Å². The average molecular weight is 408 g/mol. The van der Waals surface area contributed by atoms with E-state index in [9.17, 15) is 23.9 Å². The molecular weight excluding hydrogens is 374 g/mol. The lowest BCUT2D eigenvalue weighted by molar-refractivity contribution is -0.356. The van der Waals surface area contributed by atoms with E-state index in [0.717, 1.165) is 25.7 Å². The van der Waals surface area contributed by atoms with Gasteiger partial charge in [-0.3, -0.25) is 10.1 Å². The highest BCUT2D eigenvalue weighted by molar-refractivity contribution is 5.66. The van der Waals surface area contributed by atoms with Gasteiger partial charge < -0.3 is 14.9 Å². The molecule has 1 saturated carbocycles. The number of rotatable bonds is 12. The Kier molecular flexibility index (Phi) is 8.60. The first-order valence-electron chi connectivity index (χ1n) is 10.5. The zero-order chi connectivity index (χ0) is 20.8. The van der Waals surface area contributed by atoms with Gasteiger partial charge in [-0.15, -0.1) is 0 Å². The topological polar surface area (TPSA) is 96.2 Å². The molecule has 0 aromatic heterocycles. The zero-order valence-electron chi connectivity index (χ0n) is 16.6. The highest BCUT2D eigenvalue weighted by Gasteiger charge is 2.60. The molecule has 0 aromatic rings. The van der Waals surface area contributed by atoms with Gasteiger partial charge >= 0.3 is 11.9 Å². The van der Waals surface area contributed by atoms with Crippen molar-refractivity contribution in [2.75, 3.05) is 0 Å². The van der Waals surface area contributed by atoms with Gasteiger partial charge in [-0.2, -0.15) is 0 Å². The van der Waals surface area contributed by atoms with Crippen molar-refractivity contribution >= 4 is 5.97 Å². The predicted octanol–water partition coefficient (Wildman–Crippen LogP) is 4.60. The van der Waals surface area contributed by atoms with Crippen LogP contribution < -0.4 is 0 Å². The fraction of sp³-hybridized carbons (Fsp3) is 0.950. The number of carbonyl (C=O) groups is 1. The maximum absolute atomic E-state index is 14.5. The van der Waals surface area contributed by atoms with Gasteiger partial charge in [0.05, 0.1) is 12.2 Å². The number of fused-ring (bicyclic) bond motifs is 1. The lowest BCUT2D eigenvalue weighted by atomic mass is 9.81. The van der Waals surface area contributed by atoms with E-state index in [1.54, 1.807) is 0 Å². The van der Waals surface area contributed by atoms with Crippen molar-refractivity contribution in [1.29, 1.82) is 0 Å². The second-order valence-corrected chi connectivity index (χ2v) is 8.34. The van der Waals surface area contributed by atoms with Crippen molar-refractivity contribution < 1.29 is 38.7 Å². The number of alkyl halides is 2. The van der Waals surface area contributed by atoms with E-state index in [1.807, 2.05) is 6.92 Å². The van der Waals surface area contributed by atoms with E-state index >= 15 is 0 Å². The van der Waals surface area contributed by atoms with Crippen molar-refractivity contribution in [3.8, 4) is 0 Å². The maximum atomic E-state index is 14.5. The smallest absolute Gasteiger partial charge is 0.303 e. The average Bonchev–Trinajstić information content (AvgIpc) is 2.99. The van der Waals surface area contributed by atoms with Gasteiger partial charge in [0.1, 0.15) is 0 Å². The van der Waals surface area contributed by atoms with Crippen LogP contribution in [0.2, 0.25) is 0 Å². The number of hydrogen-bond acceptors (Lipinski definition) is 5. The number of aliphatic hydroxyl groups is 1. The Morgan fingerprint density at radius 1 is 1.25 bits per heavy atom. The Morgan fingerprint density at radius 3 is 2.61 bits per heavy atom. The normalized spacial score (nSPS) is 33.0. The summed E-state index contributed by atoms with van der Waals surface area (Å²) in [5.74, 6) is -6.59. The lowest BCUT2D eigenvalue weighted by Crippen LogP contribution is -2.55. The van der Waals surface area contributed by atoms with Crippen LogP contribution >= 0.6 is 0 Å². The quantitative estimate of drug-likeness (QED) is 0.248. The molecular formula is C20H34F2O6. The third-order valence-corrected chi connectivity index (χ3v) is 6.36. The summed E-state index contributed by atoms with van der Waals surface area (Å²) in [6, 6.07) is 0. The fourth-order valence-electron chi connectivity index (χ4n) is 4.73. The minimum atomic E-state index is -3.30. The molecule has 0 bridgehead atoms. The van der Waals surface area contributed by atoms with Crippen molar-refractivity contribution in [3.05, 3.63) is 0 Å². The van der Waals surface area contributed by atoms with Gasteiger partial charge in [-0.05, 0) is 37.5 Å². The molecule has 5 atom stereocenters. The summed E-state index contributed by atoms with van der Waals surface area (Å²) in [4.78, 5) is 15.1. The number of ether oxygens (including phenoxy) is 1. The Balaban J connectivity index is 1.89. The van der Waals surface area contributed by atoms with Gasteiger partial charge in [0.15, 0.2) is 0 Å². The van der Waals surface area contributed by atoms with Gasteiger partial charge in [0.2, 0.25) is 5.79 Å². The molecule has 0 amide bonds. The molecule has 0 spiro atoms. The molecule has 3 N–H and O–H groups in total. The molecule has 0 aromatic carbocycles. The van der Waals surface area contributed by atoms with Crippen LogP contribution in [0.1, 0.15) is 84.0 Å². The second-order valence-electron chi connectivity index (χ2n) is 8.34. The summed E-state index contributed by atoms with van der Waals surface area (Å²) in [5, 5.41) is 28.4. The lowest BCUT2D eigenvalue weighted by Gasteiger charge is -2.44. The molecule has 1 heterocycles. The molecule has 0 radical (unpaired) electrons. The number of unbranched alkanes of at least 4 members (excludes halogenated alkanes) is 4. The van der Waals surface area contributed by atoms with Gasteiger partial charge in [-0.1, -0.05) is 32.6 Å². The van der Waals surface area contributed by atoms with Crippen molar-refractivity contribution in [3.63, 3.8) is 0 Å². The second kappa shape index (κ2) is 10.3. The van der Waals surface area contributed by atoms with Crippen LogP contribution in [0.5, 0.6) is 0 Å². The molecule has 1 aliphatic carbocycles. The Morgan fingerprint density at radius 2 is 1.96 bits per heavy atom. The fourth-order valence-corrected chi connectivity index (χ4v) is 4.73. The Labute approximate surface area is 165 Å². The number of halogens is 2. The number of aliphatic carboxylic acids is 1. The number of carboxylic acids is 1. The number of hydrogen-bond donors (Lipinski definition) is 3. The highest BCUT2D eigenvalue weighted by Crippen LogP contribution is 2.51. The van der Waals surface area contributed by atoms with E-state index < -0.39 is 36.3 Å². The van der Waals surface area contributed by atoms with E-state index in [2.05, 4.69) is 4.89 Å². The molecule has 1 saturated heterocycles. The third-order valence-electron chi connectivity index (χ3n) is 6.36. The summed E-state index contributed by atoms with van der Waals surface area (Å²) in [5.41, 5.74) is 0. The van der Waals surface area contributed by atoms with Crippen LogP contribution in [0.25, 0.3) is 0 Å². The monoisotopic (exact) mass is 408 g/mol. The molecule has 28 heavy (non-hydrogen) atoms. The summed E-state index contributed by atoms with van der Waals surface area (Å²) in [7, 11) is 0. The van der Waals surface area contributed by atoms with Crippen molar-refractivity contribution in [2.45, 2.75) is 108 Å². The van der Waals surface area contributed by atoms with E-state index in [4.69, 9.17) is 9.84 Å². The molecule has 6 nitrogen and oxygen atoms in total. The van der Waals surface area contributed by atoms with Crippen LogP contribution in [0, 0.1) is 11.8 Å². The zero-order valence-corrected chi connectivity index (χ0v) is 16.6. The van der Waals surface area contributed by atoms with Crippen LogP contribution in [0.15, 0.2) is 0 Å². The molecule has 1 unspecified atom stereocenters. The number of carboxylic acid groups (broad SMARTS) is 1. The molecule has 1 aliphatic heterocycles. The minimum Gasteiger partial charge on any atom is -0.481 e. The van der Waals surface area contributed by atoms with Crippen LogP contribution in [-0.4, -0.2) is 45.4 Å². The highest BCUT2D eigenvalue weighted by atomic mass is 19.3. The molecule has 2 rings (SSSR count). The van der Waals surface area contributed by atoms with Crippen LogP contribution in [-0.2, 0) is 14.4 Å². The van der Waals surface area contributed by atoms with Crippen molar-refractivity contribution in [1.82, 2.24) is 0 Å².